The summed E-state index contributed by atoms with van der Waals surface area (Å²) < 4.78 is 0. The van der Waals surface area contributed by atoms with Crippen molar-refractivity contribution >= 4 is 12.6 Å². The molecule has 0 radical (unpaired) electrons. The van der Waals surface area contributed by atoms with Gasteiger partial charge < -0.3 is 10.6 Å². The smallest absolute Gasteiger partial charge is 0.0662 e. The lowest BCUT2D eigenvalue weighted by atomic mass is 10.5. The minimum Gasteiger partial charge on any atom is -0.302 e. The van der Waals surface area contributed by atoms with Gasteiger partial charge >= 0.3 is 0 Å². The summed E-state index contributed by atoms with van der Waals surface area (Å²) in [6, 6.07) is 0. The molecule has 0 aromatic carbocycles. The zero-order valence-electron chi connectivity index (χ0n) is 6.15. The Hall–Kier alpha value is 0.270. The monoisotopic (exact) mass is 148 g/mol. The predicted molar refractivity (Wildman–Crippen MR) is 45.0 cm³/mol. The first-order chi connectivity index (χ1) is 4.35. The van der Waals surface area contributed by atoms with Crippen LogP contribution in [0.2, 0.25) is 0 Å². The first-order valence-electron chi connectivity index (χ1n) is 3.42. The van der Waals surface area contributed by atoms with E-state index in [-0.39, 0.29) is 0 Å². The van der Waals surface area contributed by atoms with Crippen LogP contribution in [0.4, 0.5) is 0 Å². The third kappa shape index (κ3) is 4.75. The molecule has 3 heteroatoms. The molecule has 0 saturated heterocycles. The lowest BCUT2D eigenvalue weighted by molar-refractivity contribution is 0.485. The third-order valence-electron chi connectivity index (χ3n) is 1.08. The van der Waals surface area contributed by atoms with Crippen molar-refractivity contribution in [3.63, 3.8) is 0 Å². The summed E-state index contributed by atoms with van der Waals surface area (Å²) in [5, 5.41) is 6.49. The molecule has 0 aliphatic carbocycles. The van der Waals surface area contributed by atoms with Gasteiger partial charge in [0, 0.05) is 5.75 Å². The van der Waals surface area contributed by atoms with Crippen LogP contribution in [0.15, 0.2) is 0 Å². The van der Waals surface area contributed by atoms with Crippen molar-refractivity contribution in [2.75, 3.05) is 18.8 Å². The summed E-state index contributed by atoms with van der Waals surface area (Å²) in [6.07, 6.45) is 0.378. The van der Waals surface area contributed by atoms with Gasteiger partial charge in [0.15, 0.2) is 0 Å². The highest BCUT2D eigenvalue weighted by atomic mass is 32.1. The molecule has 56 valence electrons. The van der Waals surface area contributed by atoms with E-state index in [9.17, 15) is 0 Å². The number of rotatable bonds is 5. The molecule has 2 N–H and O–H groups in total. The summed E-state index contributed by atoms with van der Waals surface area (Å²) in [6.45, 7) is 6.18. The van der Waals surface area contributed by atoms with Crippen LogP contribution in [-0.4, -0.2) is 25.0 Å². The highest BCUT2D eigenvalue weighted by Gasteiger charge is 1.98. The van der Waals surface area contributed by atoms with E-state index in [0.717, 1.165) is 18.8 Å². The summed E-state index contributed by atoms with van der Waals surface area (Å²) >= 11 is 4.16. The van der Waals surface area contributed by atoms with Gasteiger partial charge in [0.25, 0.3) is 0 Å². The topological polar surface area (TPSA) is 24.1 Å². The molecular weight excluding hydrogens is 132 g/mol. The molecule has 0 aliphatic rings. The van der Waals surface area contributed by atoms with Crippen LogP contribution in [0.5, 0.6) is 0 Å². The van der Waals surface area contributed by atoms with Crippen LogP contribution in [-0.2, 0) is 0 Å². The van der Waals surface area contributed by atoms with Crippen LogP contribution in [0.1, 0.15) is 13.8 Å². The average molecular weight is 148 g/mol. The number of thiol groups is 1. The Morgan fingerprint density at radius 3 is 1.89 bits per heavy atom. The molecule has 9 heavy (non-hydrogen) atoms. The van der Waals surface area contributed by atoms with E-state index in [0.29, 0.717) is 6.17 Å². The number of hydrogen-bond donors (Lipinski definition) is 3. The van der Waals surface area contributed by atoms with E-state index in [1.165, 1.54) is 0 Å². The van der Waals surface area contributed by atoms with Gasteiger partial charge in [0.2, 0.25) is 0 Å². The molecule has 0 amide bonds. The molecule has 0 saturated carbocycles. The molecule has 0 aromatic heterocycles. The minimum absolute atomic E-state index is 0.378. The quantitative estimate of drug-likeness (QED) is 0.390. The van der Waals surface area contributed by atoms with Crippen LogP contribution < -0.4 is 10.6 Å². The zero-order valence-corrected chi connectivity index (χ0v) is 7.04. The minimum atomic E-state index is 0.378. The van der Waals surface area contributed by atoms with Gasteiger partial charge in [0.05, 0.1) is 6.17 Å². The van der Waals surface area contributed by atoms with Crippen molar-refractivity contribution in [2.24, 2.45) is 0 Å². The van der Waals surface area contributed by atoms with E-state index >= 15 is 0 Å². The molecule has 2 nitrogen and oxygen atoms in total. The fourth-order valence-electron chi connectivity index (χ4n) is 0.694. The second kappa shape index (κ2) is 6.39. The van der Waals surface area contributed by atoms with Gasteiger partial charge in [-0.1, -0.05) is 13.8 Å². The molecule has 0 fully saturated rings. The molecule has 0 aliphatic heterocycles. The Labute approximate surface area is 62.8 Å². The molecule has 0 spiro atoms. The predicted octanol–water partition coefficient (Wildman–Crippen LogP) is 0.461. The number of nitrogens with one attached hydrogen (secondary N) is 2. The van der Waals surface area contributed by atoms with Crippen molar-refractivity contribution < 1.29 is 0 Å². The first-order valence-corrected chi connectivity index (χ1v) is 4.06. The van der Waals surface area contributed by atoms with Crippen LogP contribution in [0, 0.1) is 0 Å². The molecule has 0 heterocycles. The first kappa shape index (κ1) is 9.27. The van der Waals surface area contributed by atoms with E-state index in [4.69, 9.17) is 0 Å². The molecule has 0 aromatic rings. The van der Waals surface area contributed by atoms with Crippen molar-refractivity contribution in [3.05, 3.63) is 0 Å². The maximum absolute atomic E-state index is 4.16. The van der Waals surface area contributed by atoms with E-state index in [1.807, 2.05) is 0 Å². The molecular formula is C6H16N2S. The normalized spacial score (nSPS) is 10.7. The van der Waals surface area contributed by atoms with E-state index in [2.05, 4.69) is 37.1 Å². The van der Waals surface area contributed by atoms with Crippen LogP contribution in [0.25, 0.3) is 0 Å². The SMILES string of the molecule is CCNC(CS)NCC. The standard InChI is InChI=1S/C6H16N2S/c1-3-7-6(5-9)8-4-2/h6-9H,3-5H2,1-2H3. The van der Waals surface area contributed by atoms with Crippen molar-refractivity contribution in [3.8, 4) is 0 Å². The van der Waals surface area contributed by atoms with E-state index < -0.39 is 0 Å². The van der Waals surface area contributed by atoms with Gasteiger partial charge in [0.1, 0.15) is 0 Å². The lowest BCUT2D eigenvalue weighted by Gasteiger charge is -2.15. The Morgan fingerprint density at radius 1 is 1.22 bits per heavy atom. The second-order valence-electron chi connectivity index (χ2n) is 1.85. The maximum Gasteiger partial charge on any atom is 0.0662 e. The van der Waals surface area contributed by atoms with E-state index in [1.54, 1.807) is 0 Å². The largest absolute Gasteiger partial charge is 0.302 e. The summed E-state index contributed by atoms with van der Waals surface area (Å²) in [5.41, 5.74) is 0. The van der Waals surface area contributed by atoms with Gasteiger partial charge in [-0.05, 0) is 13.1 Å². The number of hydrogen-bond acceptors (Lipinski definition) is 3. The zero-order chi connectivity index (χ0) is 7.11. The molecule has 0 unspecified atom stereocenters. The van der Waals surface area contributed by atoms with Crippen molar-refractivity contribution in [2.45, 2.75) is 20.0 Å². The summed E-state index contributed by atoms with van der Waals surface area (Å²) in [7, 11) is 0. The average Bonchev–Trinajstić information content (AvgIpc) is 1.88. The Bertz CT molecular complexity index is 53.0. The Kier molecular flexibility index (Phi) is 6.58. The van der Waals surface area contributed by atoms with Gasteiger partial charge in [-0.3, -0.25) is 0 Å². The third-order valence-corrected chi connectivity index (χ3v) is 1.45. The highest BCUT2D eigenvalue weighted by molar-refractivity contribution is 7.80. The fraction of sp³-hybridized carbons (Fsp3) is 1.00. The highest BCUT2D eigenvalue weighted by Crippen LogP contribution is 1.80. The summed E-state index contributed by atoms with van der Waals surface area (Å²) in [4.78, 5) is 0. The lowest BCUT2D eigenvalue weighted by Crippen LogP contribution is -2.43. The molecule has 0 rings (SSSR count). The summed E-state index contributed by atoms with van der Waals surface area (Å²) in [5.74, 6) is 0.849. The molecule has 0 atom stereocenters. The maximum atomic E-state index is 4.16. The van der Waals surface area contributed by atoms with Crippen molar-refractivity contribution in [1.29, 1.82) is 0 Å². The van der Waals surface area contributed by atoms with Gasteiger partial charge in [-0.15, -0.1) is 0 Å². The Balaban J connectivity index is 3.18. The van der Waals surface area contributed by atoms with Crippen LogP contribution >= 0.6 is 12.6 Å². The van der Waals surface area contributed by atoms with Gasteiger partial charge in [-0.25, -0.2) is 0 Å². The second-order valence-corrected chi connectivity index (χ2v) is 2.22. The fourth-order valence-corrected chi connectivity index (χ4v) is 0.952. The van der Waals surface area contributed by atoms with Crippen molar-refractivity contribution in [1.82, 2.24) is 10.6 Å². The Morgan fingerprint density at radius 2 is 1.67 bits per heavy atom. The van der Waals surface area contributed by atoms with Crippen LogP contribution in [0.3, 0.4) is 0 Å². The molecule has 0 bridgehead atoms. The van der Waals surface area contributed by atoms with Gasteiger partial charge in [-0.2, -0.15) is 12.6 Å².